The summed E-state index contributed by atoms with van der Waals surface area (Å²) >= 11 is 6.60. The van der Waals surface area contributed by atoms with Gasteiger partial charge in [-0.2, -0.15) is 4.98 Å². The lowest BCUT2D eigenvalue weighted by atomic mass is 10.1. The quantitative estimate of drug-likeness (QED) is 0.159. The molecule has 1 aliphatic carbocycles. The number of rotatable bonds is 9. The number of hydrogen-bond acceptors (Lipinski definition) is 8. The fourth-order valence-corrected chi connectivity index (χ4v) is 7.39. The first-order chi connectivity index (χ1) is 20.1. The highest BCUT2D eigenvalue weighted by molar-refractivity contribution is 6.72. The monoisotopic (exact) mass is 606 g/mol. The first kappa shape index (κ1) is 29.3. The maximum Gasteiger partial charge on any atom is 0.230 e. The second-order valence-electron chi connectivity index (χ2n) is 13.1. The van der Waals surface area contributed by atoms with Crippen LogP contribution in [0.2, 0.25) is 23.3 Å². The fourth-order valence-electron chi connectivity index (χ4n) is 6.35. The lowest BCUT2D eigenvalue weighted by Crippen LogP contribution is -2.47. The standard InChI is InChI=1S/C31H43ClN8OSi/c1-31(2,42(3,4)41)13-7-15-38-16-18-39(19-17-38)23-10-11-26(34-20-23)36-30-35-21-25-24-12-14-33-28(32)27(24)40(29(25)37-30)22-8-5-6-9-22/h10-12,14,20-22,41H,5-9,13,15-19H2,1-4H3,(H,34,35,36,37). The summed E-state index contributed by atoms with van der Waals surface area (Å²) in [7, 11) is -2.14. The summed E-state index contributed by atoms with van der Waals surface area (Å²) in [5, 5.41) is 5.93. The number of anilines is 3. The zero-order chi connectivity index (χ0) is 29.5. The predicted molar refractivity (Wildman–Crippen MR) is 174 cm³/mol. The van der Waals surface area contributed by atoms with Crippen LogP contribution in [0.25, 0.3) is 21.9 Å². The van der Waals surface area contributed by atoms with Crippen LogP contribution in [0.5, 0.6) is 0 Å². The Kier molecular flexibility index (Phi) is 8.17. The Labute approximate surface area is 254 Å². The Hall–Kier alpha value is -2.79. The molecule has 0 bridgehead atoms. The molecule has 4 aromatic heterocycles. The maximum atomic E-state index is 10.6. The van der Waals surface area contributed by atoms with Crippen molar-refractivity contribution >= 4 is 59.3 Å². The number of halogens is 1. The van der Waals surface area contributed by atoms with Crippen molar-refractivity contribution < 1.29 is 4.80 Å². The molecule has 2 fully saturated rings. The third-order valence-electron chi connectivity index (χ3n) is 9.75. The van der Waals surface area contributed by atoms with Crippen molar-refractivity contribution in [2.24, 2.45) is 0 Å². The van der Waals surface area contributed by atoms with E-state index in [0.29, 0.717) is 17.1 Å². The molecule has 5 heterocycles. The lowest BCUT2D eigenvalue weighted by Gasteiger charge is -2.38. The van der Waals surface area contributed by atoms with E-state index >= 15 is 0 Å². The molecule has 0 atom stereocenters. The number of fused-ring (bicyclic) bond motifs is 3. The van der Waals surface area contributed by atoms with Crippen LogP contribution in [0.1, 0.15) is 58.4 Å². The van der Waals surface area contributed by atoms with E-state index in [2.05, 4.69) is 62.7 Å². The van der Waals surface area contributed by atoms with Gasteiger partial charge in [0.15, 0.2) is 13.5 Å². The molecule has 0 unspecified atom stereocenters. The largest absolute Gasteiger partial charge is 0.432 e. The molecule has 6 rings (SSSR count). The highest BCUT2D eigenvalue weighted by atomic mass is 35.5. The Morgan fingerprint density at radius 2 is 1.76 bits per heavy atom. The Balaban J connectivity index is 1.10. The van der Waals surface area contributed by atoms with Gasteiger partial charge in [-0.05, 0) is 68.6 Å². The van der Waals surface area contributed by atoms with E-state index in [-0.39, 0.29) is 5.04 Å². The molecule has 2 aliphatic rings. The van der Waals surface area contributed by atoms with E-state index in [1.807, 2.05) is 24.5 Å². The van der Waals surface area contributed by atoms with Crippen LogP contribution in [-0.4, -0.2) is 75.2 Å². The van der Waals surface area contributed by atoms with Gasteiger partial charge < -0.3 is 19.6 Å². The summed E-state index contributed by atoms with van der Waals surface area (Å²) in [4.78, 5) is 34.2. The lowest BCUT2D eigenvalue weighted by molar-refractivity contribution is 0.247. The zero-order valence-electron chi connectivity index (χ0n) is 25.3. The summed E-state index contributed by atoms with van der Waals surface area (Å²) in [5.41, 5.74) is 2.98. The van der Waals surface area contributed by atoms with Gasteiger partial charge in [-0.1, -0.05) is 38.3 Å². The molecule has 0 aromatic carbocycles. The smallest absolute Gasteiger partial charge is 0.230 e. The molecule has 11 heteroatoms. The second-order valence-corrected chi connectivity index (χ2v) is 18.0. The zero-order valence-corrected chi connectivity index (χ0v) is 27.0. The highest BCUT2D eigenvalue weighted by Crippen LogP contribution is 2.41. The van der Waals surface area contributed by atoms with Crippen molar-refractivity contribution in [1.82, 2.24) is 29.4 Å². The van der Waals surface area contributed by atoms with E-state index in [1.165, 1.54) is 12.8 Å². The highest BCUT2D eigenvalue weighted by Gasteiger charge is 2.37. The number of piperazine rings is 1. The minimum Gasteiger partial charge on any atom is -0.432 e. The average Bonchev–Trinajstić information content (AvgIpc) is 3.60. The molecule has 9 nitrogen and oxygen atoms in total. The molecule has 42 heavy (non-hydrogen) atoms. The van der Waals surface area contributed by atoms with Crippen LogP contribution >= 0.6 is 11.6 Å². The summed E-state index contributed by atoms with van der Waals surface area (Å²) in [6.07, 6.45) is 12.5. The van der Waals surface area contributed by atoms with Crippen molar-refractivity contribution in [3.05, 3.63) is 41.9 Å². The van der Waals surface area contributed by atoms with Crippen LogP contribution in [0.3, 0.4) is 0 Å². The van der Waals surface area contributed by atoms with Gasteiger partial charge in [-0.15, -0.1) is 0 Å². The molecule has 0 amide bonds. The number of nitrogens with zero attached hydrogens (tertiary/aromatic N) is 7. The predicted octanol–water partition coefficient (Wildman–Crippen LogP) is 6.77. The minimum absolute atomic E-state index is 0.0483. The van der Waals surface area contributed by atoms with Gasteiger partial charge in [0, 0.05) is 55.4 Å². The van der Waals surface area contributed by atoms with Gasteiger partial charge in [0.1, 0.15) is 11.5 Å². The Morgan fingerprint density at radius 1 is 1.00 bits per heavy atom. The van der Waals surface area contributed by atoms with Gasteiger partial charge in [-0.3, -0.25) is 4.90 Å². The molecule has 1 aliphatic heterocycles. The third-order valence-corrected chi connectivity index (χ3v) is 13.6. The van der Waals surface area contributed by atoms with Gasteiger partial charge in [0.25, 0.3) is 0 Å². The summed E-state index contributed by atoms with van der Waals surface area (Å²) in [5.74, 6) is 1.25. The number of hydrogen-bond donors (Lipinski definition) is 2. The van der Waals surface area contributed by atoms with Crippen molar-refractivity contribution in [3.63, 3.8) is 0 Å². The molecular weight excluding hydrogens is 564 g/mol. The topological polar surface area (TPSA) is 95.2 Å². The van der Waals surface area contributed by atoms with Crippen LogP contribution < -0.4 is 10.2 Å². The van der Waals surface area contributed by atoms with Crippen molar-refractivity contribution in [3.8, 4) is 0 Å². The molecule has 0 radical (unpaired) electrons. The van der Waals surface area contributed by atoms with Gasteiger partial charge >= 0.3 is 0 Å². The summed E-state index contributed by atoms with van der Waals surface area (Å²) in [6.45, 7) is 13.7. The SMILES string of the molecule is CC(C)(CCCN1CCN(c2ccc(Nc3ncc4c5ccnc(Cl)c5n(C5CCCC5)c4n3)nc2)CC1)[Si](C)(C)O. The number of pyridine rings is 2. The minimum atomic E-state index is -2.14. The average molecular weight is 607 g/mol. The van der Waals surface area contributed by atoms with Crippen LogP contribution in [-0.2, 0) is 0 Å². The molecular formula is C31H43ClN8OSi. The van der Waals surface area contributed by atoms with E-state index in [0.717, 1.165) is 91.8 Å². The van der Waals surface area contributed by atoms with E-state index in [1.54, 1.807) is 6.20 Å². The van der Waals surface area contributed by atoms with Crippen LogP contribution in [0.4, 0.5) is 17.5 Å². The molecule has 4 aromatic rings. The Bertz CT molecular complexity index is 1540. The molecule has 2 N–H and O–H groups in total. The van der Waals surface area contributed by atoms with E-state index in [9.17, 15) is 4.80 Å². The van der Waals surface area contributed by atoms with Gasteiger partial charge in [0.05, 0.1) is 17.4 Å². The fraction of sp³-hybridized carbons (Fsp3) is 0.548. The number of nitrogens with one attached hydrogen (secondary N) is 1. The third kappa shape index (κ3) is 5.86. The van der Waals surface area contributed by atoms with E-state index < -0.39 is 8.32 Å². The normalized spacial score (nSPS) is 17.5. The van der Waals surface area contributed by atoms with Gasteiger partial charge in [0.2, 0.25) is 5.95 Å². The molecule has 224 valence electrons. The summed E-state index contributed by atoms with van der Waals surface area (Å²) < 4.78 is 2.28. The molecule has 1 saturated heterocycles. The number of aromatic nitrogens is 5. The maximum absolute atomic E-state index is 10.6. The first-order valence-corrected chi connectivity index (χ1v) is 18.7. The van der Waals surface area contributed by atoms with Crippen LogP contribution in [0, 0.1) is 0 Å². The van der Waals surface area contributed by atoms with Crippen LogP contribution in [0.15, 0.2) is 36.8 Å². The van der Waals surface area contributed by atoms with Crippen molar-refractivity contribution in [2.45, 2.75) is 76.5 Å². The van der Waals surface area contributed by atoms with Crippen molar-refractivity contribution in [2.75, 3.05) is 42.9 Å². The Morgan fingerprint density at radius 3 is 2.45 bits per heavy atom. The van der Waals surface area contributed by atoms with Gasteiger partial charge in [-0.25, -0.2) is 15.0 Å². The molecule has 1 saturated carbocycles. The summed E-state index contributed by atoms with van der Waals surface area (Å²) in [6, 6.07) is 6.51. The van der Waals surface area contributed by atoms with Crippen molar-refractivity contribution in [1.29, 1.82) is 0 Å². The first-order valence-electron chi connectivity index (χ1n) is 15.3. The molecule has 0 spiro atoms. The van der Waals surface area contributed by atoms with E-state index in [4.69, 9.17) is 21.6 Å². The second kappa shape index (κ2) is 11.7.